The highest BCUT2D eigenvalue weighted by Gasteiger charge is 2.56. The Labute approximate surface area is 258 Å². The van der Waals surface area contributed by atoms with Gasteiger partial charge in [0.1, 0.15) is 5.15 Å². The van der Waals surface area contributed by atoms with Crippen LogP contribution in [0.3, 0.4) is 0 Å². The molecule has 1 aromatic heterocycles. The van der Waals surface area contributed by atoms with Gasteiger partial charge in [0.25, 0.3) is 11.8 Å². The molecule has 2 amide bonds. The molecular weight excluding hydrogens is 721 g/mol. The number of amides is 2. The first-order valence-electron chi connectivity index (χ1n) is 11.2. The lowest BCUT2D eigenvalue weighted by atomic mass is 9.89. The second kappa shape index (κ2) is 12.1. The average molecular weight is 737 g/mol. The minimum absolute atomic E-state index is 0.0228. The standard InChI is InChI=1S/C27H15Br2Cl3F3N3O2/c28-20-12-16(26(32,27(33,34)35)15-6-8-17(30)9-7-15)13-21(29)22(20)38-24(39)14-3-1-4-18(11-14)37-25(40)19-5-2-10-36-23(19)31/h1-13H,(H,37,40)(H,38,39). The summed E-state index contributed by atoms with van der Waals surface area (Å²) in [6.45, 7) is 0. The average Bonchev–Trinajstić information content (AvgIpc) is 2.90. The Kier molecular flexibility index (Phi) is 9.16. The Hall–Kier alpha value is -2.63. The van der Waals surface area contributed by atoms with Gasteiger partial charge in [-0.25, -0.2) is 4.98 Å². The van der Waals surface area contributed by atoms with Gasteiger partial charge < -0.3 is 10.6 Å². The van der Waals surface area contributed by atoms with E-state index in [-0.39, 0.29) is 47.1 Å². The van der Waals surface area contributed by atoms with E-state index in [9.17, 15) is 22.8 Å². The summed E-state index contributed by atoms with van der Waals surface area (Å²) in [5.41, 5.74) is 0.280. The van der Waals surface area contributed by atoms with Crippen molar-refractivity contribution in [3.8, 4) is 0 Å². The van der Waals surface area contributed by atoms with Gasteiger partial charge in [0.2, 0.25) is 0 Å². The molecule has 1 heterocycles. The van der Waals surface area contributed by atoms with Crippen molar-refractivity contribution < 1.29 is 22.8 Å². The minimum Gasteiger partial charge on any atom is -0.322 e. The van der Waals surface area contributed by atoms with Crippen molar-refractivity contribution in [1.29, 1.82) is 0 Å². The number of carbonyl (C=O) groups excluding carboxylic acids is 2. The first-order valence-corrected chi connectivity index (χ1v) is 13.9. The molecule has 0 spiro atoms. The van der Waals surface area contributed by atoms with Crippen LogP contribution in [0.1, 0.15) is 31.8 Å². The summed E-state index contributed by atoms with van der Waals surface area (Å²) in [4.78, 5) is 26.6. The normalized spacial score (nSPS) is 12.9. The second-order valence-corrected chi connectivity index (χ2v) is 11.4. The van der Waals surface area contributed by atoms with Crippen molar-refractivity contribution in [1.82, 2.24) is 4.98 Å². The van der Waals surface area contributed by atoms with Crippen LogP contribution in [-0.2, 0) is 4.87 Å². The zero-order valence-electron chi connectivity index (χ0n) is 19.8. The molecule has 4 aromatic rings. The zero-order valence-corrected chi connectivity index (χ0v) is 25.2. The van der Waals surface area contributed by atoms with E-state index in [0.29, 0.717) is 5.69 Å². The molecule has 1 atom stereocenters. The van der Waals surface area contributed by atoms with Crippen LogP contribution in [0.25, 0.3) is 0 Å². The van der Waals surface area contributed by atoms with Gasteiger partial charge in [-0.1, -0.05) is 53.0 Å². The Morgan fingerprint density at radius 1 is 0.800 bits per heavy atom. The molecule has 0 radical (unpaired) electrons. The van der Waals surface area contributed by atoms with E-state index in [1.165, 1.54) is 60.8 Å². The molecule has 4 rings (SSSR count). The molecule has 0 saturated heterocycles. The molecule has 0 bridgehead atoms. The van der Waals surface area contributed by atoms with Crippen molar-refractivity contribution in [2.75, 3.05) is 10.6 Å². The molecule has 5 nitrogen and oxygen atoms in total. The van der Waals surface area contributed by atoms with Crippen molar-refractivity contribution in [3.63, 3.8) is 0 Å². The highest BCUT2D eigenvalue weighted by molar-refractivity contribution is 9.11. The fourth-order valence-corrected chi connectivity index (χ4v) is 5.69. The maximum atomic E-state index is 14.3. The third kappa shape index (κ3) is 6.31. The summed E-state index contributed by atoms with van der Waals surface area (Å²) in [6, 6.07) is 16.5. The molecule has 0 saturated carbocycles. The summed E-state index contributed by atoms with van der Waals surface area (Å²) >= 11 is 24.6. The molecule has 0 aliphatic heterocycles. The van der Waals surface area contributed by atoms with Crippen molar-refractivity contribution in [2.24, 2.45) is 0 Å². The third-order valence-electron chi connectivity index (χ3n) is 5.70. The number of aromatic nitrogens is 1. The lowest BCUT2D eigenvalue weighted by Crippen LogP contribution is -2.38. The van der Waals surface area contributed by atoms with Crippen molar-refractivity contribution in [3.05, 3.63) is 120 Å². The van der Waals surface area contributed by atoms with Gasteiger partial charge in [-0.05, 0) is 97.6 Å². The Bertz CT molecular complexity index is 1580. The predicted molar refractivity (Wildman–Crippen MR) is 158 cm³/mol. The van der Waals surface area contributed by atoms with E-state index >= 15 is 0 Å². The summed E-state index contributed by atoms with van der Waals surface area (Å²) in [7, 11) is 0. The van der Waals surface area contributed by atoms with Gasteiger partial charge in [0, 0.05) is 31.4 Å². The number of anilines is 2. The number of halogens is 8. The highest BCUT2D eigenvalue weighted by atomic mass is 79.9. The largest absolute Gasteiger partial charge is 0.415 e. The van der Waals surface area contributed by atoms with Gasteiger partial charge in [0.15, 0.2) is 4.87 Å². The van der Waals surface area contributed by atoms with E-state index in [2.05, 4.69) is 47.5 Å². The van der Waals surface area contributed by atoms with E-state index in [1.807, 2.05) is 0 Å². The topological polar surface area (TPSA) is 71.1 Å². The number of pyridine rings is 1. The Balaban J connectivity index is 1.60. The second-order valence-electron chi connectivity index (χ2n) is 8.31. The van der Waals surface area contributed by atoms with Crippen LogP contribution < -0.4 is 10.6 Å². The van der Waals surface area contributed by atoms with Crippen LogP contribution in [0.2, 0.25) is 10.2 Å². The molecule has 40 heavy (non-hydrogen) atoms. The quantitative estimate of drug-likeness (QED) is 0.153. The fourth-order valence-electron chi connectivity index (χ4n) is 3.74. The molecular formula is C27H15Br2Cl3F3N3O2. The van der Waals surface area contributed by atoms with Gasteiger partial charge >= 0.3 is 6.18 Å². The lowest BCUT2D eigenvalue weighted by Gasteiger charge is -2.31. The Morgan fingerprint density at radius 3 is 2.05 bits per heavy atom. The van der Waals surface area contributed by atoms with Crippen molar-refractivity contribution >= 4 is 89.9 Å². The molecule has 2 N–H and O–H groups in total. The summed E-state index contributed by atoms with van der Waals surface area (Å²) < 4.78 is 43.3. The molecule has 13 heteroatoms. The van der Waals surface area contributed by atoms with Crippen LogP contribution >= 0.6 is 66.7 Å². The maximum Gasteiger partial charge on any atom is 0.415 e. The summed E-state index contributed by atoms with van der Waals surface area (Å²) in [6.07, 6.45) is -3.43. The number of carbonyl (C=O) groups is 2. The van der Waals surface area contributed by atoms with Crippen LogP contribution in [0.4, 0.5) is 24.5 Å². The fraction of sp³-hybridized carbons (Fsp3) is 0.0741. The van der Waals surface area contributed by atoms with Gasteiger partial charge in [-0.3, -0.25) is 9.59 Å². The molecule has 206 valence electrons. The first-order chi connectivity index (χ1) is 18.8. The van der Waals surface area contributed by atoms with E-state index in [0.717, 1.165) is 0 Å². The maximum absolute atomic E-state index is 14.3. The molecule has 0 aliphatic carbocycles. The van der Waals surface area contributed by atoms with Crippen LogP contribution in [-0.4, -0.2) is 23.0 Å². The van der Waals surface area contributed by atoms with Gasteiger partial charge in [-0.15, -0.1) is 0 Å². The smallest absolute Gasteiger partial charge is 0.322 e. The minimum atomic E-state index is -4.88. The first kappa shape index (κ1) is 30.3. The lowest BCUT2D eigenvalue weighted by molar-refractivity contribution is -0.154. The number of hydrogen-bond acceptors (Lipinski definition) is 3. The number of alkyl halides is 4. The molecule has 0 fully saturated rings. The third-order valence-corrected chi connectivity index (χ3v) is 8.15. The predicted octanol–water partition coefficient (Wildman–Crippen LogP) is 9.46. The molecule has 0 aliphatic rings. The summed E-state index contributed by atoms with van der Waals surface area (Å²) in [5, 5.41) is 5.59. The van der Waals surface area contributed by atoms with Crippen molar-refractivity contribution in [2.45, 2.75) is 11.1 Å². The van der Waals surface area contributed by atoms with E-state index < -0.39 is 22.9 Å². The molecule has 1 unspecified atom stereocenters. The zero-order chi connectivity index (χ0) is 29.2. The number of rotatable bonds is 6. The van der Waals surface area contributed by atoms with E-state index in [1.54, 1.807) is 18.2 Å². The van der Waals surface area contributed by atoms with Gasteiger partial charge in [0.05, 0.1) is 11.3 Å². The van der Waals surface area contributed by atoms with Crippen LogP contribution in [0.15, 0.2) is 87.9 Å². The van der Waals surface area contributed by atoms with E-state index in [4.69, 9.17) is 34.8 Å². The van der Waals surface area contributed by atoms with Crippen LogP contribution in [0, 0.1) is 0 Å². The Morgan fingerprint density at radius 2 is 1.45 bits per heavy atom. The van der Waals surface area contributed by atoms with Gasteiger partial charge in [-0.2, -0.15) is 13.2 Å². The number of hydrogen-bond donors (Lipinski definition) is 2. The SMILES string of the molecule is O=C(Nc1c(Br)cc(C(Cl)(c2ccc(Cl)cc2)C(F)(F)F)cc1Br)c1cccc(NC(=O)c2cccnc2Cl)c1. The van der Waals surface area contributed by atoms with Crippen LogP contribution in [0.5, 0.6) is 0 Å². The highest BCUT2D eigenvalue weighted by Crippen LogP contribution is 2.51. The number of nitrogens with one attached hydrogen (secondary N) is 2. The number of nitrogens with zero attached hydrogens (tertiary/aromatic N) is 1. The monoisotopic (exact) mass is 733 g/mol. The molecule has 3 aromatic carbocycles. The number of benzene rings is 3. The summed E-state index contributed by atoms with van der Waals surface area (Å²) in [5.74, 6) is -1.11.